The Morgan fingerprint density at radius 1 is 0.282 bits per heavy atom. The van der Waals surface area contributed by atoms with E-state index in [2.05, 4.69) is 342 Å². The zero-order valence-corrected chi connectivity index (χ0v) is 62.8. The van der Waals surface area contributed by atoms with Crippen molar-refractivity contribution in [1.82, 2.24) is 9.97 Å². The summed E-state index contributed by atoms with van der Waals surface area (Å²) in [6.45, 7) is 28.5. The molecule has 2 aliphatic carbocycles. The minimum Gasteiger partial charge on any atom is -0.311 e. The summed E-state index contributed by atoms with van der Waals surface area (Å²) in [5.74, 6) is 1.70. The highest BCUT2D eigenvalue weighted by Crippen LogP contribution is 2.51. The summed E-state index contributed by atoms with van der Waals surface area (Å²) in [6.07, 6.45) is 12.7. The molecule has 0 atom stereocenters. The smallest absolute Gasteiger partial charge is 0.252 e. The van der Waals surface area contributed by atoms with Crippen LogP contribution in [0.15, 0.2) is 249 Å². The fourth-order valence-electron chi connectivity index (χ4n) is 16.9. The van der Waals surface area contributed by atoms with Crippen LogP contribution in [0.5, 0.6) is 0 Å². The van der Waals surface area contributed by atoms with Crippen LogP contribution in [0.3, 0.4) is 0 Å². The molecule has 0 radical (unpaired) electrons. The van der Waals surface area contributed by atoms with Crippen LogP contribution in [0.25, 0.3) is 78.4 Å². The molecule has 5 heteroatoms. The molecule has 3 heterocycles. The monoisotopic (exact) mass is 1340 g/mol. The van der Waals surface area contributed by atoms with Crippen LogP contribution in [-0.4, -0.2) is 16.7 Å². The molecule has 2 fully saturated rings. The highest BCUT2D eigenvalue weighted by Gasteiger charge is 2.45. The third-order valence-electron chi connectivity index (χ3n) is 23.0. The molecule has 0 saturated heterocycles. The van der Waals surface area contributed by atoms with E-state index in [4.69, 9.17) is 9.97 Å². The molecule has 0 N–H and O–H groups in total. The summed E-state index contributed by atoms with van der Waals surface area (Å²) in [7, 11) is 0. The van der Waals surface area contributed by atoms with Crippen LogP contribution in [-0.2, 0) is 21.7 Å². The Morgan fingerprint density at radius 2 is 0.592 bits per heavy atom. The summed E-state index contributed by atoms with van der Waals surface area (Å²) in [4.78, 5) is 17.5. The number of benzene rings is 11. The van der Waals surface area contributed by atoms with Crippen molar-refractivity contribution in [3.63, 3.8) is 0 Å². The molecule has 2 saturated carbocycles. The van der Waals surface area contributed by atoms with E-state index < -0.39 is 0 Å². The van der Waals surface area contributed by atoms with Gasteiger partial charge in [-0.15, -0.1) is 0 Å². The fraction of sp³-hybridized carbons (Fsp3) is 0.286. The molecule has 514 valence electrons. The zero-order chi connectivity index (χ0) is 71.1. The maximum atomic E-state index is 6.04. The van der Waals surface area contributed by atoms with Crippen LogP contribution in [0, 0.1) is 0 Å². The normalized spacial score (nSPS) is 15.0. The van der Waals surface area contributed by atoms with Gasteiger partial charge in [0.1, 0.15) is 0 Å². The summed E-state index contributed by atoms with van der Waals surface area (Å²) in [5.41, 5.74) is 32.7. The number of fused-ring (bicyclic) bond motifs is 4. The van der Waals surface area contributed by atoms with Crippen LogP contribution in [0.4, 0.5) is 34.1 Å². The number of hydrogen-bond donors (Lipinski definition) is 0. The molecule has 0 spiro atoms. The molecule has 2 aliphatic heterocycles. The first-order valence-electron chi connectivity index (χ1n) is 38.3. The van der Waals surface area contributed by atoms with Gasteiger partial charge in [0.25, 0.3) is 6.71 Å². The van der Waals surface area contributed by atoms with Gasteiger partial charge in [-0.3, -0.25) is 0 Å². The number of anilines is 6. The van der Waals surface area contributed by atoms with Crippen LogP contribution >= 0.6 is 0 Å². The molecule has 0 amide bonds. The van der Waals surface area contributed by atoms with E-state index in [9.17, 15) is 0 Å². The quantitative estimate of drug-likeness (QED) is 0.121. The van der Waals surface area contributed by atoms with Gasteiger partial charge in [-0.05, 0) is 244 Å². The number of aromatic nitrogens is 2. The minimum atomic E-state index is -0.140. The summed E-state index contributed by atoms with van der Waals surface area (Å²) in [6, 6.07) is 95.3. The zero-order valence-electron chi connectivity index (χ0n) is 62.8. The van der Waals surface area contributed by atoms with E-state index in [-0.39, 0.29) is 28.4 Å². The first-order chi connectivity index (χ1) is 49.5. The van der Waals surface area contributed by atoms with Crippen LogP contribution < -0.4 is 26.2 Å². The molecule has 0 bridgehead atoms. The lowest BCUT2D eigenvalue weighted by molar-refractivity contribution is 0.444. The van der Waals surface area contributed by atoms with Crippen molar-refractivity contribution in [2.45, 2.75) is 181 Å². The van der Waals surface area contributed by atoms with Crippen LogP contribution in [0.1, 0.15) is 193 Å². The van der Waals surface area contributed by atoms with E-state index in [0.717, 1.165) is 84.0 Å². The van der Waals surface area contributed by atoms with E-state index in [0.29, 0.717) is 17.7 Å². The van der Waals surface area contributed by atoms with Gasteiger partial charge in [-0.25, -0.2) is 9.97 Å². The topological polar surface area (TPSA) is 32.3 Å². The van der Waals surface area contributed by atoms with Crippen molar-refractivity contribution in [3.05, 3.63) is 282 Å². The number of rotatable bonds is 11. The fourth-order valence-corrected chi connectivity index (χ4v) is 16.9. The van der Waals surface area contributed by atoms with Gasteiger partial charge in [0.15, 0.2) is 5.82 Å². The Kier molecular flexibility index (Phi) is 17.6. The van der Waals surface area contributed by atoms with Crippen molar-refractivity contribution in [3.8, 4) is 78.4 Å². The van der Waals surface area contributed by atoms with Crippen molar-refractivity contribution >= 4 is 57.2 Å². The van der Waals surface area contributed by atoms with Crippen molar-refractivity contribution in [2.24, 2.45) is 0 Å². The largest absolute Gasteiger partial charge is 0.311 e. The molecule has 4 nitrogen and oxygen atoms in total. The van der Waals surface area contributed by atoms with Crippen molar-refractivity contribution in [2.75, 3.05) is 9.80 Å². The van der Waals surface area contributed by atoms with Gasteiger partial charge < -0.3 is 9.80 Å². The standard InChI is InChI=1S/C98H99BN4/c1-95(2,3)79-57-80(96(4,5)6)60-83(59-79)102-89-45-43-70(64-31-19-13-20-32-64)53-85(89)99-86-54-71(65-33-21-14-22-34-65)44-46-90(86)103(84-61-81(97(7,8)9)58-82(62-84)98(10,11)12)92-56-78(55-91(102)93(92)99)94-100-87(76-49-72(66-35-23-15-24-36-66)47-73(50-76)67-37-25-16-26-38-67)63-88(101-94)77-51-74(68-39-27-17-28-40-68)48-75(52-77)69-41-29-18-30-42-69/h15-18,23-30,35-65H,13-14,19-22,31-34H2,1-12H3. The molecule has 1 aromatic heterocycles. The number of hydrogen-bond acceptors (Lipinski definition) is 4. The van der Waals surface area contributed by atoms with Gasteiger partial charge in [0.2, 0.25) is 0 Å². The molecule has 16 rings (SSSR count). The second-order valence-corrected chi connectivity index (χ2v) is 34.4. The first-order valence-corrected chi connectivity index (χ1v) is 38.3. The van der Waals surface area contributed by atoms with Gasteiger partial charge in [0, 0.05) is 50.8 Å². The predicted molar refractivity (Wildman–Crippen MR) is 441 cm³/mol. The average Bonchev–Trinajstić information content (AvgIpc) is 0.692. The Bertz CT molecular complexity index is 4650. The molecule has 11 aromatic carbocycles. The molecular formula is C98H99BN4. The first kappa shape index (κ1) is 67.6. The Morgan fingerprint density at radius 3 is 0.903 bits per heavy atom. The second-order valence-electron chi connectivity index (χ2n) is 34.4. The van der Waals surface area contributed by atoms with Gasteiger partial charge in [0.05, 0.1) is 11.4 Å². The summed E-state index contributed by atoms with van der Waals surface area (Å²) in [5, 5.41) is 0. The second kappa shape index (κ2) is 26.8. The minimum absolute atomic E-state index is 0.0820. The SMILES string of the molecule is CC(C)(C)c1cc(N2c3ccc(C4CCCCC4)cc3B3c4cc(C5CCCCC5)ccc4N(c4cc(C(C)(C)C)cc(C(C)(C)C)c4)c4cc(-c5nc(-c6cc(-c7ccccc7)cc(-c7ccccc7)c6)cc(-c6cc(-c7ccccc7)cc(-c7ccccc7)c6)n5)cc2c43)cc(C(C)(C)C)c1. The maximum Gasteiger partial charge on any atom is 0.252 e. The summed E-state index contributed by atoms with van der Waals surface area (Å²) < 4.78 is 0. The molecule has 12 aromatic rings. The Hall–Kier alpha value is -9.84. The molecule has 0 unspecified atom stereocenters. The third-order valence-corrected chi connectivity index (χ3v) is 23.0. The summed E-state index contributed by atoms with van der Waals surface area (Å²) >= 11 is 0. The highest BCUT2D eigenvalue weighted by molar-refractivity contribution is 7.00. The third kappa shape index (κ3) is 13.4. The lowest BCUT2D eigenvalue weighted by atomic mass is 9.33. The highest BCUT2D eigenvalue weighted by atomic mass is 15.2. The predicted octanol–water partition coefficient (Wildman–Crippen LogP) is 25.5. The van der Waals surface area contributed by atoms with Gasteiger partial charge in [-0.1, -0.05) is 279 Å². The van der Waals surface area contributed by atoms with E-state index in [1.807, 2.05) is 0 Å². The van der Waals surface area contributed by atoms with E-state index in [1.54, 1.807) is 0 Å². The molecule has 103 heavy (non-hydrogen) atoms. The Labute approximate surface area is 614 Å². The lowest BCUT2D eigenvalue weighted by Crippen LogP contribution is -2.61. The lowest BCUT2D eigenvalue weighted by Gasteiger charge is -2.45. The van der Waals surface area contributed by atoms with Gasteiger partial charge >= 0.3 is 0 Å². The molecular weight excluding hydrogens is 1240 g/mol. The number of nitrogens with zero attached hydrogens (tertiary/aromatic N) is 4. The maximum absolute atomic E-state index is 6.04. The molecule has 4 aliphatic rings. The average molecular weight is 1340 g/mol. The van der Waals surface area contributed by atoms with Gasteiger partial charge in [-0.2, -0.15) is 0 Å². The van der Waals surface area contributed by atoms with Crippen molar-refractivity contribution < 1.29 is 0 Å². The van der Waals surface area contributed by atoms with Crippen LogP contribution in [0.2, 0.25) is 0 Å². The Balaban J connectivity index is 1.05. The van der Waals surface area contributed by atoms with Crippen molar-refractivity contribution in [1.29, 1.82) is 0 Å². The van der Waals surface area contributed by atoms with E-state index >= 15 is 0 Å². The van der Waals surface area contributed by atoms with E-state index in [1.165, 1.54) is 137 Å².